The molecule has 0 unspecified atom stereocenters. The second-order valence-corrected chi connectivity index (χ2v) is 9.39. The lowest BCUT2D eigenvalue weighted by Gasteiger charge is -2.27. The van der Waals surface area contributed by atoms with Gasteiger partial charge in [0, 0.05) is 22.0 Å². The molecule has 0 aliphatic heterocycles. The van der Waals surface area contributed by atoms with Gasteiger partial charge in [-0.15, -0.1) is 0 Å². The number of nitrogens with zero attached hydrogens (tertiary/aromatic N) is 1. The van der Waals surface area contributed by atoms with Crippen LogP contribution < -0.4 is 15.9 Å². The highest BCUT2D eigenvalue weighted by Gasteiger charge is 2.29. The normalized spacial score (nSPS) is 13.9. The van der Waals surface area contributed by atoms with Gasteiger partial charge in [-0.3, -0.25) is 9.59 Å². The van der Waals surface area contributed by atoms with Gasteiger partial charge in [0.15, 0.2) is 5.78 Å². The van der Waals surface area contributed by atoms with Crippen molar-refractivity contribution < 1.29 is 9.59 Å². The molecule has 28 heavy (non-hydrogen) atoms. The van der Waals surface area contributed by atoms with Gasteiger partial charge in [-0.25, -0.2) is 4.74 Å². The number of hydrogen-bond donors (Lipinski definition) is 0. The van der Waals surface area contributed by atoms with Crippen LogP contribution in [0.3, 0.4) is 0 Å². The SMILES string of the molecule is O=C1C=CC(=O)C(N=P(c2ccccc2)(c2ccccc2)c2ccccc2)=C1. The molecule has 0 heterocycles. The summed E-state index contributed by atoms with van der Waals surface area (Å²) in [7, 11) is -2.54. The molecule has 1 aliphatic carbocycles. The van der Waals surface area contributed by atoms with Crippen molar-refractivity contribution in [3.05, 3.63) is 115 Å². The average molecular weight is 383 g/mol. The highest BCUT2D eigenvalue weighted by Crippen LogP contribution is 2.47. The van der Waals surface area contributed by atoms with Gasteiger partial charge in [-0.05, 0) is 12.2 Å². The first-order valence-electron chi connectivity index (χ1n) is 8.97. The molecule has 0 atom stereocenters. The van der Waals surface area contributed by atoms with Crippen LogP contribution in [0.1, 0.15) is 0 Å². The fourth-order valence-corrected chi connectivity index (χ4v) is 6.82. The lowest BCUT2D eigenvalue weighted by atomic mass is 10.1. The van der Waals surface area contributed by atoms with Crippen LogP contribution in [-0.2, 0) is 9.59 Å². The smallest absolute Gasteiger partial charge is 0.204 e. The van der Waals surface area contributed by atoms with Crippen LogP contribution in [-0.4, -0.2) is 11.6 Å². The highest BCUT2D eigenvalue weighted by atomic mass is 31.2. The Morgan fingerprint density at radius 2 is 1.00 bits per heavy atom. The fourth-order valence-electron chi connectivity index (χ4n) is 3.29. The Hall–Kier alpha value is -3.29. The Morgan fingerprint density at radius 3 is 1.43 bits per heavy atom. The van der Waals surface area contributed by atoms with Gasteiger partial charge in [0.05, 0.1) is 7.05 Å². The van der Waals surface area contributed by atoms with Gasteiger partial charge < -0.3 is 0 Å². The van der Waals surface area contributed by atoms with Crippen molar-refractivity contribution in [2.24, 2.45) is 4.74 Å². The summed E-state index contributed by atoms with van der Waals surface area (Å²) in [5, 5.41) is 3.09. The first-order chi connectivity index (χ1) is 13.7. The molecule has 0 spiro atoms. The van der Waals surface area contributed by atoms with Crippen molar-refractivity contribution >= 4 is 34.5 Å². The Labute approximate surface area is 164 Å². The van der Waals surface area contributed by atoms with Crippen molar-refractivity contribution in [1.29, 1.82) is 0 Å². The quantitative estimate of drug-likeness (QED) is 0.509. The predicted octanol–water partition coefficient (Wildman–Crippen LogP) is 3.76. The third-order valence-electron chi connectivity index (χ3n) is 4.58. The van der Waals surface area contributed by atoms with Crippen LogP contribution in [0.4, 0.5) is 0 Å². The minimum absolute atomic E-state index is 0.206. The van der Waals surface area contributed by atoms with E-state index in [9.17, 15) is 9.59 Å². The van der Waals surface area contributed by atoms with Gasteiger partial charge in [0.1, 0.15) is 5.70 Å². The molecule has 136 valence electrons. The maximum atomic E-state index is 12.5. The van der Waals surface area contributed by atoms with Gasteiger partial charge >= 0.3 is 0 Å². The second kappa shape index (κ2) is 7.75. The Kier molecular flexibility index (Phi) is 5.01. The molecule has 3 aromatic rings. The van der Waals surface area contributed by atoms with Gasteiger partial charge in [0.2, 0.25) is 5.78 Å². The monoisotopic (exact) mass is 383 g/mol. The van der Waals surface area contributed by atoms with Crippen molar-refractivity contribution in [2.75, 3.05) is 0 Å². The predicted molar refractivity (Wildman–Crippen MR) is 115 cm³/mol. The Bertz CT molecular complexity index is 1030. The molecule has 4 rings (SSSR count). The standard InChI is InChI=1S/C24H18NO2P/c26-19-16-17-24(27)23(18-19)25-28(20-10-4-1-5-11-20,21-12-6-2-7-13-21)22-14-8-3-9-15-22/h1-18H. The molecule has 3 nitrogen and oxygen atoms in total. The first-order valence-corrected chi connectivity index (χ1v) is 10.7. The van der Waals surface area contributed by atoms with Crippen LogP contribution in [0, 0.1) is 0 Å². The molecule has 1 aliphatic rings. The summed E-state index contributed by atoms with van der Waals surface area (Å²) >= 11 is 0. The van der Waals surface area contributed by atoms with Crippen LogP contribution in [0.5, 0.6) is 0 Å². The van der Waals surface area contributed by atoms with E-state index < -0.39 is 7.05 Å². The minimum Gasteiger partial charge on any atom is -0.290 e. The van der Waals surface area contributed by atoms with Crippen molar-refractivity contribution in [3.63, 3.8) is 0 Å². The fraction of sp³-hybridized carbons (Fsp3) is 0. The molecule has 4 heteroatoms. The third-order valence-corrected chi connectivity index (χ3v) is 8.23. The molecular formula is C24H18NO2P. The third kappa shape index (κ3) is 3.33. The largest absolute Gasteiger partial charge is 0.290 e. The zero-order valence-electron chi connectivity index (χ0n) is 15.1. The average Bonchev–Trinajstić information content (AvgIpc) is 2.76. The van der Waals surface area contributed by atoms with Crippen molar-refractivity contribution in [3.8, 4) is 0 Å². The highest BCUT2D eigenvalue weighted by molar-refractivity contribution is 7.87. The summed E-state index contributed by atoms with van der Waals surface area (Å²) in [6.07, 6.45) is 3.93. The van der Waals surface area contributed by atoms with E-state index in [1.165, 1.54) is 18.2 Å². The zero-order valence-corrected chi connectivity index (χ0v) is 16.0. The topological polar surface area (TPSA) is 46.5 Å². The number of hydrogen-bond acceptors (Lipinski definition) is 3. The minimum atomic E-state index is -2.54. The van der Waals surface area contributed by atoms with E-state index >= 15 is 0 Å². The van der Waals surface area contributed by atoms with E-state index in [2.05, 4.69) is 0 Å². The van der Waals surface area contributed by atoms with E-state index in [0.29, 0.717) is 0 Å². The van der Waals surface area contributed by atoms with E-state index in [4.69, 9.17) is 4.74 Å². The molecule has 0 saturated heterocycles. The summed E-state index contributed by atoms with van der Waals surface area (Å²) < 4.78 is 5.06. The van der Waals surface area contributed by atoms with E-state index in [1.807, 2.05) is 91.0 Å². The lowest BCUT2D eigenvalue weighted by molar-refractivity contribution is -0.114. The van der Waals surface area contributed by atoms with E-state index in [-0.39, 0.29) is 17.3 Å². The number of carbonyl (C=O) groups is 2. The summed E-state index contributed by atoms with van der Waals surface area (Å²) in [4.78, 5) is 24.5. The van der Waals surface area contributed by atoms with Gasteiger partial charge in [0.25, 0.3) is 0 Å². The number of allylic oxidation sites excluding steroid dienone is 3. The molecular weight excluding hydrogens is 365 g/mol. The van der Waals surface area contributed by atoms with Crippen molar-refractivity contribution in [2.45, 2.75) is 0 Å². The van der Waals surface area contributed by atoms with Gasteiger partial charge in [-0.1, -0.05) is 91.0 Å². The number of carbonyl (C=O) groups excluding carboxylic acids is 2. The summed E-state index contributed by atoms with van der Waals surface area (Å²) in [5.41, 5.74) is 0.206. The molecule has 0 N–H and O–H groups in total. The van der Waals surface area contributed by atoms with E-state index in [0.717, 1.165) is 15.9 Å². The van der Waals surface area contributed by atoms with Crippen molar-refractivity contribution in [1.82, 2.24) is 0 Å². The molecule has 3 aromatic carbocycles. The summed E-state index contributed by atoms with van der Waals surface area (Å²) in [6, 6.07) is 30.0. The lowest BCUT2D eigenvalue weighted by Crippen LogP contribution is -2.26. The van der Waals surface area contributed by atoms with E-state index in [1.54, 1.807) is 0 Å². The number of ketones is 2. The molecule has 0 amide bonds. The molecule has 0 saturated carbocycles. The molecule has 0 fully saturated rings. The summed E-state index contributed by atoms with van der Waals surface area (Å²) in [6.45, 7) is 0. The molecule has 0 bridgehead atoms. The van der Waals surface area contributed by atoms with Gasteiger partial charge in [-0.2, -0.15) is 0 Å². The first kappa shape index (κ1) is 18.1. The van der Waals surface area contributed by atoms with Crippen LogP contribution in [0.15, 0.2) is 120 Å². The van der Waals surface area contributed by atoms with Crippen LogP contribution in [0.2, 0.25) is 0 Å². The Balaban J connectivity index is 2.12. The Morgan fingerprint density at radius 1 is 0.571 bits per heavy atom. The van der Waals surface area contributed by atoms with Crippen LogP contribution >= 0.6 is 7.05 Å². The number of rotatable bonds is 4. The van der Waals surface area contributed by atoms with Crippen LogP contribution in [0.25, 0.3) is 0 Å². The number of benzene rings is 3. The molecule has 0 aromatic heterocycles. The second-order valence-electron chi connectivity index (χ2n) is 6.37. The maximum absolute atomic E-state index is 12.5. The molecule has 0 radical (unpaired) electrons. The summed E-state index contributed by atoms with van der Waals surface area (Å²) in [5.74, 6) is -0.461. The zero-order chi connectivity index (χ0) is 19.4. The maximum Gasteiger partial charge on any atom is 0.204 e.